The second-order valence-electron chi connectivity index (χ2n) is 16.5. The average Bonchev–Trinajstić information content (AvgIpc) is 3.35. The van der Waals surface area contributed by atoms with Gasteiger partial charge in [0, 0.05) is 42.1 Å². The summed E-state index contributed by atoms with van der Waals surface area (Å²) < 4.78 is 25.5. The van der Waals surface area contributed by atoms with Crippen LogP contribution in [0.3, 0.4) is 0 Å². The van der Waals surface area contributed by atoms with Crippen molar-refractivity contribution < 1.29 is 27.9 Å². The zero-order valence-corrected chi connectivity index (χ0v) is 32.2. The maximum Gasteiger partial charge on any atom is 0.410 e. The molecule has 0 saturated heterocycles. The Bertz CT molecular complexity index is 1390. The van der Waals surface area contributed by atoms with Crippen LogP contribution in [-0.4, -0.2) is 50.1 Å². The quantitative estimate of drug-likeness (QED) is 0.268. The van der Waals surface area contributed by atoms with E-state index in [1.165, 1.54) is 0 Å². The minimum Gasteiger partial charge on any atom is -0.518 e. The Morgan fingerprint density at radius 3 is 2.17 bits per heavy atom. The highest BCUT2D eigenvalue weighted by Gasteiger charge is 2.62. The molecule has 47 heavy (non-hydrogen) atoms. The highest BCUT2D eigenvalue weighted by atomic mass is 28.4. The van der Waals surface area contributed by atoms with Crippen LogP contribution in [-0.2, 0) is 28.9 Å². The number of alkyl carbamates (subject to hydrolysis) is 1. The fourth-order valence-electron chi connectivity index (χ4n) is 8.84. The Hall–Kier alpha value is -2.94. The Balaban J connectivity index is 1.75. The van der Waals surface area contributed by atoms with Crippen LogP contribution in [0.4, 0.5) is 9.59 Å². The molecule has 9 heteroatoms. The Morgan fingerprint density at radius 2 is 1.62 bits per heavy atom. The second kappa shape index (κ2) is 13.5. The van der Waals surface area contributed by atoms with E-state index >= 15 is 0 Å². The number of furan rings is 1. The third kappa shape index (κ3) is 6.97. The zero-order valence-electron chi connectivity index (χ0n) is 31.2. The van der Waals surface area contributed by atoms with Crippen LogP contribution in [0.15, 0.2) is 34.7 Å². The topological polar surface area (TPSA) is 90.2 Å². The number of amides is 2. The first kappa shape index (κ1) is 36.9. The van der Waals surface area contributed by atoms with Gasteiger partial charge in [-0.15, -0.1) is 0 Å². The number of hydrogen-bond donors (Lipinski definition) is 1. The van der Waals surface area contributed by atoms with Gasteiger partial charge in [0.25, 0.3) is 14.3 Å². The van der Waals surface area contributed by atoms with Gasteiger partial charge in [0.15, 0.2) is 0 Å². The number of carbonyl (C=O) groups excluding carboxylic acids is 2. The number of carbonyl (C=O) groups is 2. The number of likely N-dealkylation sites (N-methyl/N-ethyl adjacent to an activating group) is 1. The summed E-state index contributed by atoms with van der Waals surface area (Å²) in [5.74, 6) is 1.50. The molecule has 0 spiro atoms. The lowest BCUT2D eigenvalue weighted by Gasteiger charge is -2.50. The molecule has 0 bridgehead atoms. The molecule has 0 radical (unpaired) electrons. The second-order valence-corrected chi connectivity index (χ2v) is 21.8. The maximum atomic E-state index is 13.7. The van der Waals surface area contributed by atoms with Gasteiger partial charge in [0.1, 0.15) is 18.0 Å². The molecule has 1 saturated carbocycles. The smallest absolute Gasteiger partial charge is 0.410 e. The minimum atomic E-state index is -2.29. The van der Waals surface area contributed by atoms with E-state index in [4.69, 9.17) is 18.3 Å². The fraction of sp³-hybridized carbons (Fsp3) is 0.684. The number of hydrogen-bond acceptors (Lipinski definition) is 6. The van der Waals surface area contributed by atoms with Gasteiger partial charge < -0.3 is 28.5 Å². The van der Waals surface area contributed by atoms with Crippen molar-refractivity contribution in [3.8, 4) is 5.95 Å². The van der Waals surface area contributed by atoms with Gasteiger partial charge in [-0.25, -0.2) is 9.59 Å². The van der Waals surface area contributed by atoms with Gasteiger partial charge in [-0.05, 0) is 74.6 Å². The van der Waals surface area contributed by atoms with Crippen molar-refractivity contribution in [2.45, 2.75) is 150 Å². The first-order chi connectivity index (χ1) is 21.8. The molecule has 2 aliphatic carbocycles. The van der Waals surface area contributed by atoms with Crippen molar-refractivity contribution in [1.29, 1.82) is 0 Å². The first-order valence-corrected chi connectivity index (χ1v) is 19.6. The van der Waals surface area contributed by atoms with Crippen LogP contribution in [0, 0.1) is 17.8 Å². The highest BCUT2D eigenvalue weighted by molar-refractivity contribution is 6.78. The van der Waals surface area contributed by atoms with E-state index in [0.717, 1.165) is 35.3 Å². The van der Waals surface area contributed by atoms with Crippen molar-refractivity contribution in [3.63, 3.8) is 0 Å². The van der Waals surface area contributed by atoms with E-state index in [-0.39, 0.29) is 30.2 Å². The maximum absolute atomic E-state index is 13.7. The van der Waals surface area contributed by atoms with Crippen molar-refractivity contribution in [3.05, 3.63) is 52.8 Å². The molecule has 8 nitrogen and oxygen atoms in total. The van der Waals surface area contributed by atoms with E-state index < -0.39 is 25.4 Å². The lowest BCUT2D eigenvalue weighted by Crippen LogP contribution is -2.58. The third-order valence-corrected chi connectivity index (χ3v) is 17.6. The van der Waals surface area contributed by atoms with Crippen LogP contribution < -0.4 is 9.74 Å². The summed E-state index contributed by atoms with van der Waals surface area (Å²) in [6.45, 7) is 26.1. The monoisotopic (exact) mass is 668 g/mol. The standard InChI is InChI=1S/C38H60N2O6Si/c1-24(2)47(25(3)4,26(5)6)46-33-27(7)29-21-32(40(13)35(42)45-36(8,9)10)37(11)20-19-31(38(37,12)22-30(29)44-33)39-34(41)43-23-28-17-15-14-16-18-28/h14-18,24-26,31-32H,19-23H2,1-13H3,(H,39,41)/t31-,32-,37+,38+/m0/s1. The number of rotatable bonds is 9. The van der Waals surface area contributed by atoms with Gasteiger partial charge in [0.2, 0.25) is 0 Å². The van der Waals surface area contributed by atoms with Crippen LogP contribution in [0.5, 0.6) is 5.95 Å². The molecule has 1 aromatic heterocycles. The van der Waals surface area contributed by atoms with Gasteiger partial charge in [-0.3, -0.25) is 0 Å². The molecule has 0 aliphatic heterocycles. The summed E-state index contributed by atoms with van der Waals surface area (Å²) in [4.78, 5) is 28.7. The number of fused-ring (bicyclic) bond motifs is 2. The van der Waals surface area contributed by atoms with E-state index in [2.05, 4.69) is 67.6 Å². The van der Waals surface area contributed by atoms with Gasteiger partial charge in [0.05, 0.1) is 0 Å². The Labute approximate surface area is 284 Å². The van der Waals surface area contributed by atoms with Crippen molar-refractivity contribution >= 4 is 20.5 Å². The van der Waals surface area contributed by atoms with E-state index in [1.807, 2.05) is 58.2 Å². The molecule has 2 aromatic rings. The molecular formula is C38H60N2O6Si. The predicted molar refractivity (Wildman–Crippen MR) is 189 cm³/mol. The summed E-state index contributed by atoms with van der Waals surface area (Å²) in [6.07, 6.45) is 2.01. The molecule has 1 aromatic carbocycles. The SMILES string of the molecule is Cc1c(O[Si](C(C)C)(C(C)C)C(C)C)oc2c1C[C@H](N(C)C(=O)OC(C)(C)C)[C@@]1(C)CC[C@H](NC(=O)OCc3ccccc3)[C@@]1(C)C2. The van der Waals surface area contributed by atoms with Gasteiger partial charge in [-0.1, -0.05) is 85.7 Å². The number of nitrogens with one attached hydrogen (secondary N) is 1. The Morgan fingerprint density at radius 1 is 1.02 bits per heavy atom. The van der Waals surface area contributed by atoms with Gasteiger partial charge in [-0.2, -0.15) is 0 Å². The number of nitrogens with zero attached hydrogens (tertiary/aromatic N) is 1. The molecule has 4 rings (SSSR count). The summed E-state index contributed by atoms with van der Waals surface area (Å²) in [5, 5.41) is 3.24. The number of benzene rings is 1. The predicted octanol–water partition coefficient (Wildman–Crippen LogP) is 9.58. The molecule has 2 amide bonds. The summed E-state index contributed by atoms with van der Waals surface area (Å²) >= 11 is 0. The molecule has 1 fully saturated rings. The Kier molecular flexibility index (Phi) is 10.6. The van der Waals surface area contributed by atoms with Crippen LogP contribution in [0.25, 0.3) is 0 Å². The molecule has 1 heterocycles. The van der Waals surface area contributed by atoms with Gasteiger partial charge >= 0.3 is 12.2 Å². The fourth-order valence-corrected chi connectivity index (χ4v) is 14.1. The lowest BCUT2D eigenvalue weighted by atomic mass is 9.61. The molecule has 0 unspecified atom stereocenters. The molecule has 4 atom stereocenters. The average molecular weight is 669 g/mol. The van der Waals surface area contributed by atoms with Crippen molar-refractivity contribution in [1.82, 2.24) is 10.2 Å². The van der Waals surface area contributed by atoms with Crippen LogP contribution >= 0.6 is 0 Å². The summed E-state index contributed by atoms with van der Waals surface area (Å²) in [7, 11) is -0.442. The van der Waals surface area contributed by atoms with E-state index in [9.17, 15) is 9.59 Å². The molecular weight excluding hydrogens is 609 g/mol. The van der Waals surface area contributed by atoms with Crippen molar-refractivity contribution in [2.24, 2.45) is 10.8 Å². The largest absolute Gasteiger partial charge is 0.518 e. The lowest BCUT2D eigenvalue weighted by molar-refractivity contribution is -0.0254. The van der Waals surface area contributed by atoms with E-state index in [0.29, 0.717) is 35.4 Å². The van der Waals surface area contributed by atoms with Crippen LogP contribution in [0.2, 0.25) is 16.6 Å². The summed E-state index contributed by atoms with van der Waals surface area (Å²) in [5.41, 5.74) is 2.77. The normalized spacial score (nSPS) is 24.5. The van der Waals surface area contributed by atoms with Crippen LogP contribution in [0.1, 0.15) is 111 Å². The third-order valence-electron chi connectivity index (χ3n) is 11.6. The highest BCUT2D eigenvalue weighted by Crippen LogP contribution is 2.60. The van der Waals surface area contributed by atoms with E-state index in [1.54, 1.807) is 4.90 Å². The zero-order chi connectivity index (χ0) is 35.1. The molecule has 1 N–H and O–H groups in total. The summed E-state index contributed by atoms with van der Waals surface area (Å²) in [6, 6.07) is 9.30. The minimum absolute atomic E-state index is 0.193. The molecule has 262 valence electrons. The molecule has 2 aliphatic rings. The van der Waals surface area contributed by atoms with Crippen molar-refractivity contribution in [2.75, 3.05) is 7.05 Å². The first-order valence-electron chi connectivity index (χ1n) is 17.5. The number of ether oxygens (including phenoxy) is 2.